The Balaban J connectivity index is 2.45. The van der Waals surface area contributed by atoms with Crippen molar-refractivity contribution in [1.29, 1.82) is 0 Å². The van der Waals surface area contributed by atoms with Crippen molar-refractivity contribution in [3.63, 3.8) is 0 Å². The van der Waals surface area contributed by atoms with Crippen molar-refractivity contribution in [2.24, 2.45) is 5.92 Å². The van der Waals surface area contributed by atoms with Gasteiger partial charge in [0.05, 0.1) is 13.7 Å². The number of rotatable bonds is 6. The Morgan fingerprint density at radius 2 is 2.10 bits per heavy atom. The molecule has 0 amide bonds. The van der Waals surface area contributed by atoms with Crippen LogP contribution in [0.15, 0.2) is 0 Å². The zero-order valence-electron chi connectivity index (χ0n) is 12.0. The highest BCUT2D eigenvalue weighted by molar-refractivity contribution is 5.69. The summed E-state index contributed by atoms with van der Waals surface area (Å²) in [5.74, 6) is -0.0352. The van der Waals surface area contributed by atoms with Gasteiger partial charge in [0.15, 0.2) is 0 Å². The van der Waals surface area contributed by atoms with Crippen molar-refractivity contribution >= 4 is 5.97 Å². The van der Waals surface area contributed by atoms with Crippen molar-refractivity contribution in [3.8, 4) is 0 Å². The smallest absolute Gasteiger partial charge is 0.401 e. The van der Waals surface area contributed by atoms with Crippen molar-refractivity contribution in [3.05, 3.63) is 0 Å². The van der Waals surface area contributed by atoms with Crippen molar-refractivity contribution < 1.29 is 22.7 Å². The SMILES string of the molecule is CCN1CC(CCC(=O)OC)CC(NCC(F)(F)F)C1. The monoisotopic (exact) mass is 296 g/mol. The average molecular weight is 296 g/mol. The molecule has 7 heteroatoms. The fraction of sp³-hybridized carbons (Fsp3) is 0.923. The molecular weight excluding hydrogens is 273 g/mol. The average Bonchev–Trinajstić information content (AvgIpc) is 2.41. The molecule has 20 heavy (non-hydrogen) atoms. The molecule has 0 radical (unpaired) electrons. The largest absolute Gasteiger partial charge is 0.469 e. The predicted molar refractivity (Wildman–Crippen MR) is 69.3 cm³/mol. The second-order valence-electron chi connectivity index (χ2n) is 5.26. The van der Waals surface area contributed by atoms with Gasteiger partial charge in [-0.3, -0.25) is 4.79 Å². The highest BCUT2D eigenvalue weighted by atomic mass is 19.4. The van der Waals surface area contributed by atoms with E-state index in [-0.39, 0.29) is 17.9 Å². The molecule has 0 bridgehead atoms. The lowest BCUT2D eigenvalue weighted by atomic mass is 9.90. The van der Waals surface area contributed by atoms with Gasteiger partial charge in [0.25, 0.3) is 0 Å². The molecule has 2 unspecified atom stereocenters. The molecule has 0 aliphatic carbocycles. The van der Waals surface area contributed by atoms with Gasteiger partial charge in [-0.2, -0.15) is 13.2 Å². The van der Waals surface area contributed by atoms with Crippen LogP contribution in [0.1, 0.15) is 26.2 Å². The number of hydrogen-bond acceptors (Lipinski definition) is 4. The molecule has 1 rings (SSSR count). The number of nitrogens with zero attached hydrogens (tertiary/aromatic N) is 1. The lowest BCUT2D eigenvalue weighted by Gasteiger charge is -2.37. The van der Waals surface area contributed by atoms with E-state index in [2.05, 4.69) is 15.0 Å². The molecule has 1 fully saturated rings. The van der Waals surface area contributed by atoms with Crippen molar-refractivity contribution in [2.75, 3.05) is 33.3 Å². The van der Waals surface area contributed by atoms with E-state index < -0.39 is 12.7 Å². The molecule has 118 valence electrons. The standard InChI is InChI=1S/C13H23F3N2O2/c1-3-18-7-10(4-5-12(19)20-2)6-11(8-18)17-9-13(14,15)16/h10-11,17H,3-9H2,1-2H3. The van der Waals surface area contributed by atoms with Crippen LogP contribution in [0.25, 0.3) is 0 Å². The molecule has 0 aromatic rings. The van der Waals surface area contributed by atoms with Crippen LogP contribution in [-0.4, -0.2) is 56.4 Å². The fourth-order valence-electron chi connectivity index (χ4n) is 2.60. The predicted octanol–water partition coefficient (Wildman–Crippen LogP) is 1.80. The maximum atomic E-state index is 12.2. The van der Waals surface area contributed by atoms with Gasteiger partial charge in [-0.25, -0.2) is 0 Å². The summed E-state index contributed by atoms with van der Waals surface area (Å²) >= 11 is 0. The number of nitrogens with one attached hydrogen (secondary N) is 1. The van der Waals surface area contributed by atoms with E-state index in [0.29, 0.717) is 25.8 Å². The topological polar surface area (TPSA) is 41.6 Å². The van der Waals surface area contributed by atoms with Crippen LogP contribution >= 0.6 is 0 Å². The number of esters is 1. The lowest BCUT2D eigenvalue weighted by molar-refractivity contribution is -0.141. The van der Waals surface area contributed by atoms with E-state index in [1.54, 1.807) is 0 Å². The first-order chi connectivity index (χ1) is 9.34. The summed E-state index contributed by atoms with van der Waals surface area (Å²) in [6.45, 7) is 3.29. The molecular formula is C13H23F3N2O2. The quantitative estimate of drug-likeness (QED) is 0.759. The third-order valence-electron chi connectivity index (χ3n) is 3.64. The number of piperidine rings is 1. The Morgan fingerprint density at radius 3 is 2.65 bits per heavy atom. The van der Waals surface area contributed by atoms with Crippen LogP contribution in [-0.2, 0) is 9.53 Å². The summed E-state index contributed by atoms with van der Waals surface area (Å²) in [5.41, 5.74) is 0. The third kappa shape index (κ3) is 6.56. The molecule has 0 aromatic carbocycles. The first-order valence-electron chi connectivity index (χ1n) is 6.93. The summed E-state index contributed by atoms with van der Waals surface area (Å²) in [6.07, 6.45) is -2.53. The summed E-state index contributed by atoms with van der Waals surface area (Å²) in [4.78, 5) is 13.3. The number of hydrogen-bond donors (Lipinski definition) is 1. The van der Waals surface area contributed by atoms with Gasteiger partial charge >= 0.3 is 12.1 Å². The Kier molecular flexibility index (Phi) is 6.75. The Hall–Kier alpha value is -0.820. The van der Waals surface area contributed by atoms with Crippen molar-refractivity contribution in [2.45, 2.75) is 38.4 Å². The van der Waals surface area contributed by atoms with Gasteiger partial charge in [0, 0.05) is 25.6 Å². The number of alkyl halides is 3. The number of methoxy groups -OCH3 is 1. The molecule has 2 atom stereocenters. The molecule has 1 saturated heterocycles. The van der Waals surface area contributed by atoms with Crippen LogP contribution < -0.4 is 5.32 Å². The number of ether oxygens (including phenoxy) is 1. The van der Waals surface area contributed by atoms with Gasteiger partial charge in [-0.1, -0.05) is 6.92 Å². The van der Waals surface area contributed by atoms with E-state index in [1.165, 1.54) is 7.11 Å². The third-order valence-corrected chi connectivity index (χ3v) is 3.64. The summed E-state index contributed by atoms with van der Waals surface area (Å²) in [5, 5.41) is 2.57. The van der Waals surface area contributed by atoms with E-state index in [9.17, 15) is 18.0 Å². The van der Waals surface area contributed by atoms with Crippen LogP contribution in [0.2, 0.25) is 0 Å². The number of likely N-dealkylation sites (N-methyl/N-ethyl adjacent to an activating group) is 1. The number of halogens is 3. The van der Waals surface area contributed by atoms with Gasteiger partial charge in [0.1, 0.15) is 0 Å². The molecule has 0 aromatic heterocycles. The van der Waals surface area contributed by atoms with Crippen molar-refractivity contribution in [1.82, 2.24) is 10.2 Å². The summed E-state index contributed by atoms with van der Waals surface area (Å²) in [6, 6.07) is -0.173. The zero-order valence-corrected chi connectivity index (χ0v) is 12.0. The minimum atomic E-state index is -4.18. The van der Waals surface area contributed by atoms with Gasteiger partial charge < -0.3 is 15.0 Å². The lowest BCUT2D eigenvalue weighted by Crippen LogP contribution is -2.51. The zero-order chi connectivity index (χ0) is 15.2. The van der Waals surface area contributed by atoms with Gasteiger partial charge in [-0.15, -0.1) is 0 Å². The highest BCUT2D eigenvalue weighted by Gasteiger charge is 2.31. The van der Waals surface area contributed by atoms with E-state index in [1.807, 2.05) is 6.92 Å². The number of carbonyl (C=O) groups is 1. The summed E-state index contributed by atoms with van der Waals surface area (Å²) < 4.78 is 41.3. The minimum Gasteiger partial charge on any atom is -0.469 e. The molecule has 4 nitrogen and oxygen atoms in total. The second kappa shape index (κ2) is 7.83. The van der Waals surface area contributed by atoms with E-state index in [0.717, 1.165) is 13.1 Å². The molecule has 1 N–H and O–H groups in total. The first-order valence-corrected chi connectivity index (χ1v) is 6.93. The van der Waals surface area contributed by atoms with Crippen LogP contribution in [0, 0.1) is 5.92 Å². The minimum absolute atomic E-state index is 0.173. The Labute approximate surface area is 117 Å². The molecule has 0 spiro atoms. The van der Waals surface area contributed by atoms with E-state index in [4.69, 9.17) is 0 Å². The van der Waals surface area contributed by atoms with Gasteiger partial charge in [-0.05, 0) is 25.3 Å². The Morgan fingerprint density at radius 1 is 1.40 bits per heavy atom. The maximum Gasteiger partial charge on any atom is 0.401 e. The fourth-order valence-corrected chi connectivity index (χ4v) is 2.60. The van der Waals surface area contributed by atoms with E-state index >= 15 is 0 Å². The normalized spacial score (nSPS) is 24.6. The van der Waals surface area contributed by atoms with Gasteiger partial charge in [0.2, 0.25) is 0 Å². The first kappa shape index (κ1) is 17.2. The van der Waals surface area contributed by atoms with Crippen LogP contribution in [0.4, 0.5) is 13.2 Å². The molecule has 1 aliphatic heterocycles. The molecule has 1 heterocycles. The molecule has 1 aliphatic rings. The summed E-state index contributed by atoms with van der Waals surface area (Å²) in [7, 11) is 1.34. The number of carbonyl (C=O) groups excluding carboxylic acids is 1. The molecule has 0 saturated carbocycles. The van der Waals surface area contributed by atoms with Crippen LogP contribution in [0.5, 0.6) is 0 Å². The maximum absolute atomic E-state index is 12.2. The Bertz CT molecular complexity index is 310. The number of likely N-dealkylation sites (tertiary alicyclic amines) is 1. The highest BCUT2D eigenvalue weighted by Crippen LogP contribution is 2.22. The second-order valence-corrected chi connectivity index (χ2v) is 5.26. The van der Waals surface area contributed by atoms with Crippen LogP contribution in [0.3, 0.4) is 0 Å².